The molecule has 2 aliphatic carbocycles. The average Bonchev–Trinajstić information content (AvgIpc) is 3.48. The van der Waals surface area contributed by atoms with Gasteiger partial charge in [-0.1, -0.05) is 24.3 Å². The Bertz CT molecular complexity index is 833. The maximum absolute atomic E-state index is 12.5. The van der Waals surface area contributed by atoms with Gasteiger partial charge in [-0.15, -0.1) is 0 Å². The van der Waals surface area contributed by atoms with Crippen LogP contribution in [0.5, 0.6) is 0 Å². The van der Waals surface area contributed by atoms with Crippen LogP contribution in [0.15, 0.2) is 36.4 Å². The molecule has 7 nitrogen and oxygen atoms in total. The lowest BCUT2D eigenvalue weighted by atomic mass is 9.85. The number of amides is 4. The summed E-state index contributed by atoms with van der Waals surface area (Å²) in [7, 11) is 0. The van der Waals surface area contributed by atoms with E-state index in [0.29, 0.717) is 24.1 Å². The Hall–Kier alpha value is -2.96. The van der Waals surface area contributed by atoms with E-state index >= 15 is 0 Å². The summed E-state index contributed by atoms with van der Waals surface area (Å²) in [6.45, 7) is 0.0624. The molecule has 1 saturated carbocycles. The summed E-state index contributed by atoms with van der Waals surface area (Å²) in [5.41, 5.74) is 0.843. The highest BCUT2D eigenvalue weighted by molar-refractivity contribution is 6.06. The highest BCUT2D eigenvalue weighted by Crippen LogP contribution is 2.35. The average molecular weight is 381 g/mol. The lowest BCUT2D eigenvalue weighted by molar-refractivity contribution is -0.140. The SMILES string of the molecule is O=C(CCN1C(=O)[C@H]2CC=CC[C@@H]2C1=O)Nc1ccccc1C(=O)NC1CC1. The summed E-state index contributed by atoms with van der Waals surface area (Å²) < 4.78 is 0. The maximum atomic E-state index is 12.5. The molecule has 2 fully saturated rings. The van der Waals surface area contributed by atoms with Crippen molar-refractivity contribution < 1.29 is 19.2 Å². The van der Waals surface area contributed by atoms with Crippen LogP contribution in [-0.4, -0.2) is 41.1 Å². The molecule has 1 aromatic rings. The number of allylic oxidation sites excluding steroid dienone is 2. The van der Waals surface area contributed by atoms with Crippen molar-refractivity contribution in [1.29, 1.82) is 0 Å². The highest BCUT2D eigenvalue weighted by atomic mass is 16.2. The zero-order chi connectivity index (χ0) is 19.7. The number of likely N-dealkylation sites (tertiary alicyclic amines) is 1. The molecule has 4 amide bonds. The summed E-state index contributed by atoms with van der Waals surface area (Å²) in [6, 6.07) is 7.05. The number of carbonyl (C=O) groups is 4. The number of imide groups is 1. The second-order valence-corrected chi connectivity index (χ2v) is 7.58. The molecule has 0 unspecified atom stereocenters. The van der Waals surface area contributed by atoms with Gasteiger partial charge >= 0.3 is 0 Å². The molecule has 1 aliphatic heterocycles. The van der Waals surface area contributed by atoms with Gasteiger partial charge in [-0.3, -0.25) is 24.1 Å². The third-order valence-corrected chi connectivity index (χ3v) is 5.52. The van der Waals surface area contributed by atoms with Gasteiger partial charge in [0.1, 0.15) is 0 Å². The number of hydrogen-bond acceptors (Lipinski definition) is 4. The topological polar surface area (TPSA) is 95.6 Å². The molecule has 0 radical (unpaired) electrons. The number of rotatable bonds is 6. The van der Waals surface area contributed by atoms with Crippen molar-refractivity contribution in [3.05, 3.63) is 42.0 Å². The molecule has 1 heterocycles. The fourth-order valence-electron chi connectivity index (χ4n) is 3.80. The zero-order valence-electron chi connectivity index (χ0n) is 15.5. The van der Waals surface area contributed by atoms with Crippen molar-refractivity contribution in [3.63, 3.8) is 0 Å². The van der Waals surface area contributed by atoms with Gasteiger partial charge in [0.25, 0.3) is 5.91 Å². The van der Waals surface area contributed by atoms with Gasteiger partial charge in [0.2, 0.25) is 17.7 Å². The number of anilines is 1. The summed E-state index contributed by atoms with van der Waals surface area (Å²) in [6.07, 6.45) is 7.01. The number of benzene rings is 1. The smallest absolute Gasteiger partial charge is 0.253 e. The van der Waals surface area contributed by atoms with E-state index in [9.17, 15) is 19.2 Å². The van der Waals surface area contributed by atoms with Crippen LogP contribution >= 0.6 is 0 Å². The van der Waals surface area contributed by atoms with Crippen LogP contribution < -0.4 is 10.6 Å². The molecule has 146 valence electrons. The molecule has 0 spiro atoms. The molecule has 2 atom stereocenters. The third kappa shape index (κ3) is 3.69. The lowest BCUT2D eigenvalue weighted by Gasteiger charge is -2.15. The first kappa shape index (κ1) is 18.4. The second kappa shape index (κ2) is 7.58. The van der Waals surface area contributed by atoms with E-state index < -0.39 is 0 Å². The molecule has 0 bridgehead atoms. The molecule has 2 N–H and O–H groups in total. The Morgan fingerprint density at radius 2 is 1.64 bits per heavy atom. The van der Waals surface area contributed by atoms with Crippen LogP contribution in [0.4, 0.5) is 5.69 Å². The van der Waals surface area contributed by atoms with Crippen molar-refractivity contribution in [1.82, 2.24) is 10.2 Å². The summed E-state index contributed by atoms with van der Waals surface area (Å²) in [4.78, 5) is 50.9. The maximum Gasteiger partial charge on any atom is 0.253 e. The fourth-order valence-corrected chi connectivity index (χ4v) is 3.80. The minimum atomic E-state index is -0.333. The quantitative estimate of drug-likeness (QED) is 0.581. The largest absolute Gasteiger partial charge is 0.349 e. The highest BCUT2D eigenvalue weighted by Gasteiger charge is 2.46. The van der Waals surface area contributed by atoms with E-state index in [2.05, 4.69) is 10.6 Å². The first-order chi connectivity index (χ1) is 13.5. The number of nitrogens with zero attached hydrogens (tertiary/aromatic N) is 1. The summed E-state index contributed by atoms with van der Waals surface area (Å²) in [5, 5.41) is 5.65. The Labute approximate surface area is 163 Å². The van der Waals surface area contributed by atoms with Crippen LogP contribution in [-0.2, 0) is 14.4 Å². The van der Waals surface area contributed by atoms with E-state index in [-0.39, 0.29) is 54.5 Å². The molecule has 3 aliphatic rings. The van der Waals surface area contributed by atoms with Crippen LogP contribution in [0.3, 0.4) is 0 Å². The Morgan fingerprint density at radius 1 is 1.00 bits per heavy atom. The van der Waals surface area contributed by atoms with Crippen molar-refractivity contribution >= 4 is 29.3 Å². The standard InChI is InChI=1S/C21H23N3O4/c25-18(11-12-24-20(27)14-5-1-2-6-15(14)21(24)28)23-17-8-4-3-7-16(17)19(26)22-13-9-10-13/h1-4,7-8,13-15H,5-6,9-12H2,(H,22,26)(H,23,25)/t14-,15-/m0/s1. The summed E-state index contributed by atoms with van der Waals surface area (Å²) in [5.74, 6) is -1.48. The number of hydrogen-bond donors (Lipinski definition) is 2. The van der Waals surface area contributed by atoms with Gasteiger partial charge in [-0.05, 0) is 37.8 Å². The number of carbonyl (C=O) groups excluding carboxylic acids is 4. The monoisotopic (exact) mass is 381 g/mol. The predicted molar refractivity (Wildman–Crippen MR) is 102 cm³/mol. The lowest BCUT2D eigenvalue weighted by Crippen LogP contribution is -2.34. The zero-order valence-corrected chi connectivity index (χ0v) is 15.5. The molecule has 1 saturated heterocycles. The van der Waals surface area contributed by atoms with Crippen LogP contribution in [0, 0.1) is 11.8 Å². The molecule has 0 aromatic heterocycles. The van der Waals surface area contributed by atoms with Gasteiger partial charge in [-0.25, -0.2) is 0 Å². The predicted octanol–water partition coefficient (Wildman–Crippen LogP) is 1.86. The minimum absolute atomic E-state index is 0.00290. The number of fused-ring (bicyclic) bond motifs is 1. The van der Waals surface area contributed by atoms with Gasteiger partial charge in [0.05, 0.1) is 23.1 Å². The number of nitrogens with one attached hydrogen (secondary N) is 2. The van der Waals surface area contributed by atoms with Crippen molar-refractivity contribution in [2.45, 2.75) is 38.1 Å². The third-order valence-electron chi connectivity index (χ3n) is 5.52. The molecular formula is C21H23N3O4. The summed E-state index contributed by atoms with van der Waals surface area (Å²) >= 11 is 0. The minimum Gasteiger partial charge on any atom is -0.349 e. The van der Waals surface area contributed by atoms with Gasteiger partial charge in [0.15, 0.2) is 0 Å². The first-order valence-electron chi connectivity index (χ1n) is 9.74. The van der Waals surface area contributed by atoms with E-state index in [1.165, 1.54) is 4.90 Å². The van der Waals surface area contributed by atoms with Crippen LogP contribution in [0.1, 0.15) is 42.5 Å². The van der Waals surface area contributed by atoms with Gasteiger partial charge in [-0.2, -0.15) is 0 Å². The molecule has 1 aromatic carbocycles. The molecule has 28 heavy (non-hydrogen) atoms. The fraction of sp³-hybridized carbons (Fsp3) is 0.429. The second-order valence-electron chi connectivity index (χ2n) is 7.58. The normalized spacial score (nSPS) is 23.5. The van der Waals surface area contributed by atoms with Gasteiger partial charge in [0, 0.05) is 19.0 Å². The van der Waals surface area contributed by atoms with Crippen molar-refractivity contribution in [2.24, 2.45) is 11.8 Å². The Kier molecular flexibility index (Phi) is 4.98. The Morgan fingerprint density at radius 3 is 2.29 bits per heavy atom. The van der Waals surface area contributed by atoms with Crippen molar-refractivity contribution in [2.75, 3.05) is 11.9 Å². The van der Waals surface area contributed by atoms with Crippen LogP contribution in [0.25, 0.3) is 0 Å². The first-order valence-corrected chi connectivity index (χ1v) is 9.74. The van der Waals surface area contributed by atoms with E-state index in [4.69, 9.17) is 0 Å². The van der Waals surface area contributed by atoms with E-state index in [0.717, 1.165) is 12.8 Å². The Balaban J connectivity index is 1.36. The van der Waals surface area contributed by atoms with E-state index in [1.54, 1.807) is 24.3 Å². The molecular weight excluding hydrogens is 358 g/mol. The van der Waals surface area contributed by atoms with Crippen LogP contribution in [0.2, 0.25) is 0 Å². The van der Waals surface area contributed by atoms with Crippen molar-refractivity contribution in [3.8, 4) is 0 Å². The molecule has 7 heteroatoms. The van der Waals surface area contributed by atoms with Gasteiger partial charge < -0.3 is 10.6 Å². The van der Waals surface area contributed by atoms with E-state index in [1.807, 2.05) is 12.2 Å². The molecule has 4 rings (SSSR count). The number of para-hydroxylation sites is 1.